The third-order valence-corrected chi connectivity index (χ3v) is 5.27. The van der Waals surface area contributed by atoms with Gasteiger partial charge in [-0.25, -0.2) is 9.37 Å². The lowest BCUT2D eigenvalue weighted by atomic mass is 10.1. The van der Waals surface area contributed by atoms with Crippen LogP contribution in [0.3, 0.4) is 0 Å². The molecule has 5 nitrogen and oxygen atoms in total. The average Bonchev–Trinajstić information content (AvgIpc) is 2.96. The number of aromatic nitrogens is 2. The van der Waals surface area contributed by atoms with Gasteiger partial charge in [0.05, 0.1) is 11.8 Å². The second kappa shape index (κ2) is 8.29. The minimum atomic E-state index is -0.738. The van der Waals surface area contributed by atoms with Crippen LogP contribution in [-0.2, 0) is 6.54 Å². The number of aliphatic hydroxyl groups is 1. The number of thiazole rings is 1. The van der Waals surface area contributed by atoms with E-state index in [1.807, 2.05) is 12.3 Å². The Bertz CT molecular complexity index is 966. The van der Waals surface area contributed by atoms with Gasteiger partial charge in [-0.3, -0.25) is 14.1 Å². The summed E-state index contributed by atoms with van der Waals surface area (Å²) >= 11 is 1.44. The first-order valence-corrected chi connectivity index (χ1v) is 9.84. The summed E-state index contributed by atoms with van der Waals surface area (Å²) in [6.45, 7) is 7.70. The number of halogens is 1. The van der Waals surface area contributed by atoms with Crippen LogP contribution in [-0.4, -0.2) is 32.5 Å². The van der Waals surface area contributed by atoms with Gasteiger partial charge in [-0.05, 0) is 30.5 Å². The number of benzene rings is 1. The lowest BCUT2D eigenvalue weighted by Gasteiger charge is -2.26. The number of aliphatic hydroxyl groups excluding tert-OH is 1. The summed E-state index contributed by atoms with van der Waals surface area (Å²) in [4.78, 5) is 19.8. The average molecular weight is 389 g/mol. The van der Waals surface area contributed by atoms with Gasteiger partial charge >= 0.3 is 0 Å². The molecule has 0 amide bonds. The monoisotopic (exact) mass is 389 g/mol. The minimum absolute atomic E-state index is 0.0858. The van der Waals surface area contributed by atoms with Crippen molar-refractivity contribution in [3.63, 3.8) is 0 Å². The Kier molecular flexibility index (Phi) is 6.04. The van der Waals surface area contributed by atoms with Crippen molar-refractivity contribution in [1.29, 1.82) is 0 Å². The normalized spacial score (nSPS) is 13.0. The summed E-state index contributed by atoms with van der Waals surface area (Å²) in [5, 5.41) is 12.5. The summed E-state index contributed by atoms with van der Waals surface area (Å²) in [5.74, 6) is 0.0634. The van der Waals surface area contributed by atoms with Crippen LogP contribution in [0.2, 0.25) is 0 Å². The van der Waals surface area contributed by atoms with Gasteiger partial charge in [-0.1, -0.05) is 26.0 Å². The first-order chi connectivity index (χ1) is 12.8. The van der Waals surface area contributed by atoms with Gasteiger partial charge in [-0.2, -0.15) is 0 Å². The van der Waals surface area contributed by atoms with E-state index >= 15 is 0 Å². The Hall–Kier alpha value is -2.09. The zero-order valence-electron chi connectivity index (χ0n) is 15.7. The van der Waals surface area contributed by atoms with E-state index in [-0.39, 0.29) is 11.4 Å². The second-order valence-corrected chi connectivity index (χ2v) is 8.07. The molecule has 0 saturated carbocycles. The molecule has 2 heterocycles. The van der Waals surface area contributed by atoms with Crippen LogP contribution in [0.5, 0.6) is 0 Å². The summed E-state index contributed by atoms with van der Waals surface area (Å²) in [6, 6.07) is 7.45. The maximum Gasteiger partial charge on any atom is 0.259 e. The highest BCUT2D eigenvalue weighted by atomic mass is 32.1. The van der Waals surface area contributed by atoms with E-state index in [1.54, 1.807) is 22.6 Å². The maximum absolute atomic E-state index is 13.1. The topological polar surface area (TPSA) is 57.8 Å². The number of rotatable bonds is 7. The van der Waals surface area contributed by atoms with Crippen molar-refractivity contribution in [3.05, 3.63) is 68.8 Å². The fourth-order valence-corrected chi connectivity index (χ4v) is 4.06. The molecule has 0 radical (unpaired) electrons. The second-order valence-electron chi connectivity index (χ2n) is 7.24. The Morgan fingerprint density at radius 2 is 1.96 bits per heavy atom. The predicted molar refractivity (Wildman–Crippen MR) is 106 cm³/mol. The maximum atomic E-state index is 13.1. The van der Waals surface area contributed by atoms with E-state index in [9.17, 15) is 14.3 Å². The van der Waals surface area contributed by atoms with Crippen molar-refractivity contribution in [2.45, 2.75) is 33.4 Å². The molecule has 7 heteroatoms. The molecule has 27 heavy (non-hydrogen) atoms. The molecule has 0 saturated heterocycles. The highest BCUT2D eigenvalue weighted by molar-refractivity contribution is 7.15. The van der Waals surface area contributed by atoms with Crippen molar-refractivity contribution in [3.8, 4) is 0 Å². The van der Waals surface area contributed by atoms with Gasteiger partial charge in [-0.15, -0.1) is 11.3 Å². The molecular formula is C20H24FN3O2S. The summed E-state index contributed by atoms with van der Waals surface area (Å²) in [5.41, 5.74) is 2.15. The first kappa shape index (κ1) is 19.7. The van der Waals surface area contributed by atoms with Crippen LogP contribution < -0.4 is 5.56 Å². The zero-order chi connectivity index (χ0) is 19.6. The third-order valence-electron chi connectivity index (χ3n) is 4.32. The molecule has 144 valence electrons. The van der Waals surface area contributed by atoms with Crippen LogP contribution in [0.15, 0.2) is 40.5 Å². The van der Waals surface area contributed by atoms with Gasteiger partial charge in [0, 0.05) is 36.8 Å². The molecule has 0 aliphatic carbocycles. The van der Waals surface area contributed by atoms with Crippen molar-refractivity contribution in [2.24, 2.45) is 5.92 Å². The molecule has 2 aromatic heterocycles. The number of hydrogen-bond acceptors (Lipinski definition) is 5. The fraction of sp³-hybridized carbons (Fsp3) is 0.400. The Morgan fingerprint density at radius 3 is 2.63 bits per heavy atom. The third kappa shape index (κ3) is 4.80. The molecule has 0 aliphatic heterocycles. The Morgan fingerprint density at radius 1 is 1.26 bits per heavy atom. The molecule has 0 aliphatic rings. The molecule has 1 atom stereocenters. The predicted octanol–water partition coefficient (Wildman–Crippen LogP) is 3.40. The van der Waals surface area contributed by atoms with Crippen LogP contribution in [0.1, 0.15) is 36.9 Å². The lowest BCUT2D eigenvalue weighted by Crippen LogP contribution is -2.32. The quantitative estimate of drug-likeness (QED) is 0.673. The molecule has 3 rings (SSSR count). The molecule has 0 spiro atoms. The molecule has 1 unspecified atom stereocenters. The molecule has 1 N–H and O–H groups in total. The zero-order valence-corrected chi connectivity index (χ0v) is 16.5. The summed E-state index contributed by atoms with van der Waals surface area (Å²) < 4.78 is 14.7. The Balaban J connectivity index is 1.80. The van der Waals surface area contributed by atoms with Gasteiger partial charge in [0.1, 0.15) is 5.82 Å². The van der Waals surface area contributed by atoms with Crippen molar-refractivity contribution in [2.75, 3.05) is 13.1 Å². The molecule has 0 fully saturated rings. The van der Waals surface area contributed by atoms with Crippen molar-refractivity contribution < 1.29 is 9.50 Å². The van der Waals surface area contributed by atoms with E-state index < -0.39 is 6.10 Å². The van der Waals surface area contributed by atoms with Crippen molar-refractivity contribution in [1.82, 2.24) is 14.3 Å². The highest BCUT2D eigenvalue weighted by Gasteiger charge is 2.17. The summed E-state index contributed by atoms with van der Waals surface area (Å²) in [6.07, 6.45) is -0.738. The van der Waals surface area contributed by atoms with Gasteiger partial charge in [0.2, 0.25) is 0 Å². The summed E-state index contributed by atoms with van der Waals surface area (Å²) in [7, 11) is 0. The standard InChI is InChI=1S/C20H24FN3O2S/c1-13(2)9-23(11-18(25)15-4-6-16(21)7-5-15)10-17-8-19(26)24-14(3)12-27-20(24)22-17/h4-8,12-13,18,25H,9-11H2,1-3H3. The number of nitrogens with zero attached hydrogens (tertiary/aromatic N) is 3. The van der Waals surface area contributed by atoms with Gasteiger partial charge in [0.15, 0.2) is 4.96 Å². The van der Waals surface area contributed by atoms with E-state index in [1.165, 1.54) is 23.5 Å². The van der Waals surface area contributed by atoms with Crippen LogP contribution >= 0.6 is 11.3 Å². The van der Waals surface area contributed by atoms with E-state index in [0.717, 1.165) is 12.2 Å². The Labute approximate surface area is 161 Å². The molecule has 0 bridgehead atoms. The highest BCUT2D eigenvalue weighted by Crippen LogP contribution is 2.18. The van der Waals surface area contributed by atoms with E-state index in [2.05, 4.69) is 23.7 Å². The SMILES string of the molecule is Cc1csc2nc(CN(CC(C)C)CC(O)c3ccc(F)cc3)cc(=O)n12. The fourth-order valence-electron chi connectivity index (χ4n) is 3.17. The number of aryl methyl sites for hydroxylation is 1. The van der Waals surface area contributed by atoms with Crippen LogP contribution in [0.4, 0.5) is 4.39 Å². The lowest BCUT2D eigenvalue weighted by molar-refractivity contribution is 0.101. The number of hydrogen-bond donors (Lipinski definition) is 1. The minimum Gasteiger partial charge on any atom is -0.387 e. The van der Waals surface area contributed by atoms with E-state index in [4.69, 9.17) is 0 Å². The largest absolute Gasteiger partial charge is 0.387 e. The number of fused-ring (bicyclic) bond motifs is 1. The van der Waals surface area contributed by atoms with Crippen LogP contribution in [0.25, 0.3) is 4.96 Å². The van der Waals surface area contributed by atoms with Gasteiger partial charge in [0.25, 0.3) is 5.56 Å². The van der Waals surface area contributed by atoms with Crippen LogP contribution in [0, 0.1) is 18.7 Å². The molecule has 3 aromatic rings. The molecular weight excluding hydrogens is 365 g/mol. The molecule has 1 aromatic carbocycles. The first-order valence-electron chi connectivity index (χ1n) is 8.96. The van der Waals surface area contributed by atoms with E-state index in [0.29, 0.717) is 35.2 Å². The smallest absolute Gasteiger partial charge is 0.259 e. The van der Waals surface area contributed by atoms with Gasteiger partial charge < -0.3 is 5.11 Å². The van der Waals surface area contributed by atoms with Crippen molar-refractivity contribution >= 4 is 16.3 Å².